The highest BCUT2D eigenvalue weighted by atomic mass is 35.5. The Hall–Kier alpha value is -2.04. The average molecular weight is 384 g/mol. The van der Waals surface area contributed by atoms with Crippen LogP contribution in [-0.4, -0.2) is 29.4 Å². The molecule has 5 heteroatoms. The number of carbonyl (C=O) groups excluding carboxylic acids is 1. The maximum atomic E-state index is 11.6. The Morgan fingerprint density at radius 2 is 2.00 bits per heavy atom. The van der Waals surface area contributed by atoms with E-state index in [0.717, 1.165) is 49.5 Å². The smallest absolute Gasteiger partial charge is 0.234 e. The minimum Gasteiger partial charge on any atom is -0.382 e. The van der Waals surface area contributed by atoms with Gasteiger partial charge in [0.1, 0.15) is 0 Å². The fourth-order valence-electron chi connectivity index (χ4n) is 4.36. The van der Waals surface area contributed by atoms with Gasteiger partial charge in [0.15, 0.2) is 0 Å². The Morgan fingerprint density at radius 3 is 2.78 bits per heavy atom. The molecule has 1 aliphatic heterocycles. The predicted octanol–water partition coefficient (Wildman–Crippen LogP) is 4.15. The molecule has 0 radical (unpaired) electrons. The number of hydrogen-bond acceptors (Lipinski definition) is 3. The van der Waals surface area contributed by atoms with Crippen LogP contribution in [-0.2, 0) is 11.3 Å². The topological polar surface area (TPSA) is 58.4 Å². The summed E-state index contributed by atoms with van der Waals surface area (Å²) in [7, 11) is 0. The second-order valence-corrected chi connectivity index (χ2v) is 8.17. The Labute approximate surface area is 165 Å². The lowest BCUT2D eigenvalue weighted by Gasteiger charge is -2.37. The molecule has 0 spiro atoms. The van der Waals surface area contributed by atoms with Gasteiger partial charge in [-0.05, 0) is 67.5 Å². The van der Waals surface area contributed by atoms with Crippen LogP contribution in [0.5, 0.6) is 0 Å². The third-order valence-corrected chi connectivity index (χ3v) is 6.20. The monoisotopic (exact) mass is 383 g/mol. The van der Waals surface area contributed by atoms with Gasteiger partial charge in [-0.15, -0.1) is 0 Å². The number of nitrogens with zero attached hydrogens (tertiary/aromatic N) is 1. The first-order chi connectivity index (χ1) is 13.1. The van der Waals surface area contributed by atoms with Crippen LogP contribution in [0.4, 0.5) is 5.69 Å². The second kappa shape index (κ2) is 7.91. The number of nitrogens with one attached hydrogen (secondary N) is 1. The summed E-state index contributed by atoms with van der Waals surface area (Å²) >= 11 is 6.32. The quantitative estimate of drug-likeness (QED) is 0.787. The van der Waals surface area contributed by atoms with Crippen molar-refractivity contribution in [2.24, 2.45) is 5.73 Å². The second-order valence-electron chi connectivity index (χ2n) is 7.76. The molecule has 1 saturated carbocycles. The molecule has 2 aromatic carbocycles. The molecule has 4 rings (SSSR count). The van der Waals surface area contributed by atoms with E-state index in [1.54, 1.807) is 0 Å². The normalized spacial score (nSPS) is 25.1. The van der Waals surface area contributed by atoms with E-state index >= 15 is 0 Å². The summed E-state index contributed by atoms with van der Waals surface area (Å²) in [6.45, 7) is 1.71. The largest absolute Gasteiger partial charge is 0.382 e. The molecule has 1 atom stereocenters. The molecule has 1 aliphatic carbocycles. The molecule has 0 bridgehead atoms. The molecule has 2 aromatic rings. The van der Waals surface area contributed by atoms with Gasteiger partial charge in [-0.3, -0.25) is 9.69 Å². The van der Waals surface area contributed by atoms with Gasteiger partial charge in [0.2, 0.25) is 5.91 Å². The molecule has 27 heavy (non-hydrogen) atoms. The van der Waals surface area contributed by atoms with Crippen LogP contribution >= 0.6 is 11.6 Å². The Kier molecular flexibility index (Phi) is 5.37. The summed E-state index contributed by atoms with van der Waals surface area (Å²) in [5, 5.41) is 4.52. The lowest BCUT2D eigenvalue weighted by Crippen LogP contribution is -2.39. The zero-order chi connectivity index (χ0) is 18.8. The Balaban J connectivity index is 1.34. The first-order valence-corrected chi connectivity index (χ1v) is 10.1. The molecule has 0 aromatic heterocycles. The van der Waals surface area contributed by atoms with Gasteiger partial charge < -0.3 is 11.1 Å². The van der Waals surface area contributed by atoms with Crippen molar-refractivity contribution in [3.63, 3.8) is 0 Å². The van der Waals surface area contributed by atoms with Crippen molar-refractivity contribution in [3.8, 4) is 0 Å². The van der Waals surface area contributed by atoms with Crippen LogP contribution in [0.15, 0.2) is 48.5 Å². The van der Waals surface area contributed by atoms with Gasteiger partial charge in [0.25, 0.3) is 0 Å². The number of nitrogens with two attached hydrogens (primary N) is 1. The van der Waals surface area contributed by atoms with E-state index in [-0.39, 0.29) is 11.9 Å². The van der Waals surface area contributed by atoms with E-state index in [9.17, 15) is 4.79 Å². The molecule has 1 unspecified atom stereocenters. The van der Waals surface area contributed by atoms with Crippen LogP contribution in [0.2, 0.25) is 5.02 Å². The number of amides is 1. The number of carbonyl (C=O) groups is 1. The van der Waals surface area contributed by atoms with Crippen molar-refractivity contribution >= 4 is 23.2 Å². The highest BCUT2D eigenvalue weighted by molar-refractivity contribution is 6.31. The number of rotatable bonds is 6. The predicted molar refractivity (Wildman–Crippen MR) is 110 cm³/mol. The molecule has 142 valence electrons. The number of primary amides is 1. The van der Waals surface area contributed by atoms with Crippen molar-refractivity contribution in [3.05, 3.63) is 64.7 Å². The Bertz CT molecular complexity index is 819. The summed E-state index contributed by atoms with van der Waals surface area (Å²) in [5.41, 5.74) is 9.16. The van der Waals surface area contributed by atoms with Crippen LogP contribution in [0.3, 0.4) is 0 Å². The van der Waals surface area contributed by atoms with Crippen molar-refractivity contribution in [2.45, 2.75) is 50.2 Å². The SMILES string of the molecule is NC(=O)C1CCCN1Cc1cccc(NC2CC(c3ccccc3Cl)C2)c1. The molecular formula is C22H26ClN3O. The average Bonchev–Trinajstić information content (AvgIpc) is 3.07. The lowest BCUT2D eigenvalue weighted by molar-refractivity contribution is -0.122. The molecule has 4 nitrogen and oxygen atoms in total. The number of likely N-dealkylation sites (tertiary alicyclic amines) is 1. The van der Waals surface area contributed by atoms with Crippen molar-refractivity contribution in [1.82, 2.24) is 4.90 Å². The van der Waals surface area contributed by atoms with E-state index < -0.39 is 0 Å². The first-order valence-electron chi connectivity index (χ1n) is 9.73. The number of halogens is 1. The highest BCUT2D eigenvalue weighted by Gasteiger charge is 2.32. The fourth-order valence-corrected chi connectivity index (χ4v) is 4.65. The van der Waals surface area contributed by atoms with E-state index in [4.69, 9.17) is 17.3 Å². The lowest BCUT2D eigenvalue weighted by atomic mass is 9.76. The highest BCUT2D eigenvalue weighted by Crippen LogP contribution is 2.41. The van der Waals surface area contributed by atoms with Gasteiger partial charge in [0.05, 0.1) is 6.04 Å². The van der Waals surface area contributed by atoms with Crippen molar-refractivity contribution in [2.75, 3.05) is 11.9 Å². The van der Waals surface area contributed by atoms with E-state index in [2.05, 4.69) is 46.6 Å². The van der Waals surface area contributed by atoms with Gasteiger partial charge in [0, 0.05) is 23.3 Å². The van der Waals surface area contributed by atoms with Crippen LogP contribution < -0.4 is 11.1 Å². The minimum absolute atomic E-state index is 0.121. The van der Waals surface area contributed by atoms with Crippen LogP contribution in [0.1, 0.15) is 42.7 Å². The Morgan fingerprint density at radius 1 is 1.19 bits per heavy atom. The summed E-state index contributed by atoms with van der Waals surface area (Å²) < 4.78 is 0. The minimum atomic E-state index is -0.207. The van der Waals surface area contributed by atoms with Gasteiger partial charge in [-0.2, -0.15) is 0 Å². The number of benzene rings is 2. The molecule has 1 heterocycles. The molecule has 1 amide bonds. The number of anilines is 1. The molecular weight excluding hydrogens is 358 g/mol. The van der Waals surface area contributed by atoms with Crippen LogP contribution in [0.25, 0.3) is 0 Å². The van der Waals surface area contributed by atoms with E-state index in [1.165, 1.54) is 11.1 Å². The van der Waals surface area contributed by atoms with Crippen molar-refractivity contribution in [1.29, 1.82) is 0 Å². The summed E-state index contributed by atoms with van der Waals surface area (Å²) in [4.78, 5) is 13.8. The van der Waals surface area contributed by atoms with Gasteiger partial charge >= 0.3 is 0 Å². The van der Waals surface area contributed by atoms with Gasteiger partial charge in [-0.1, -0.05) is 41.9 Å². The zero-order valence-electron chi connectivity index (χ0n) is 15.4. The maximum absolute atomic E-state index is 11.6. The zero-order valence-corrected chi connectivity index (χ0v) is 16.2. The maximum Gasteiger partial charge on any atom is 0.234 e. The van der Waals surface area contributed by atoms with Crippen LogP contribution in [0, 0.1) is 0 Å². The third-order valence-electron chi connectivity index (χ3n) is 5.86. The standard InChI is InChI=1S/C22H26ClN3O/c23-20-8-2-1-7-19(20)16-12-18(13-16)25-17-6-3-5-15(11-17)14-26-10-4-9-21(26)22(24)27/h1-3,5-8,11,16,18,21,25H,4,9-10,12-14H2,(H2,24,27). The third kappa shape index (κ3) is 4.12. The fraction of sp³-hybridized carbons (Fsp3) is 0.409. The summed E-state index contributed by atoms with van der Waals surface area (Å²) in [6.07, 6.45) is 4.11. The molecule has 3 N–H and O–H groups in total. The van der Waals surface area contributed by atoms with E-state index in [1.807, 2.05) is 12.1 Å². The number of hydrogen-bond donors (Lipinski definition) is 2. The van der Waals surface area contributed by atoms with Gasteiger partial charge in [-0.25, -0.2) is 0 Å². The summed E-state index contributed by atoms with van der Waals surface area (Å²) in [6, 6.07) is 17.0. The molecule has 2 aliphatic rings. The summed E-state index contributed by atoms with van der Waals surface area (Å²) in [5.74, 6) is 0.335. The van der Waals surface area contributed by atoms with E-state index in [0.29, 0.717) is 12.0 Å². The molecule has 2 fully saturated rings. The van der Waals surface area contributed by atoms with Crippen molar-refractivity contribution < 1.29 is 4.79 Å². The molecule has 1 saturated heterocycles. The first kappa shape index (κ1) is 18.3.